The fourth-order valence-electron chi connectivity index (χ4n) is 1.53. The van der Waals surface area contributed by atoms with Crippen LogP contribution in [0.25, 0.3) is 0 Å². The summed E-state index contributed by atoms with van der Waals surface area (Å²) in [6, 6.07) is 1.98. The molecule has 4 nitrogen and oxygen atoms in total. The van der Waals surface area contributed by atoms with Crippen LogP contribution in [0.4, 0.5) is 0 Å². The van der Waals surface area contributed by atoms with E-state index in [0.29, 0.717) is 12.3 Å². The van der Waals surface area contributed by atoms with Crippen LogP contribution < -0.4 is 5.32 Å². The largest absolute Gasteiger partial charge is 0.465 e. The summed E-state index contributed by atoms with van der Waals surface area (Å²) in [4.78, 5) is 11.5. The van der Waals surface area contributed by atoms with Crippen molar-refractivity contribution in [2.24, 2.45) is 5.92 Å². The molecule has 0 spiro atoms. The first-order valence-corrected chi connectivity index (χ1v) is 5.29. The molecule has 82 valence electrons. The Kier molecular flexibility index (Phi) is 4.69. The molecule has 0 aromatic rings. The molecule has 0 amide bonds. The first-order chi connectivity index (χ1) is 7.29. The third-order valence-corrected chi connectivity index (χ3v) is 2.29. The lowest BCUT2D eigenvalue weighted by Crippen LogP contribution is -2.26. The van der Waals surface area contributed by atoms with Gasteiger partial charge in [0.05, 0.1) is 12.7 Å². The van der Waals surface area contributed by atoms with E-state index in [1.807, 2.05) is 12.1 Å². The molecule has 0 saturated heterocycles. The maximum atomic E-state index is 11.5. The van der Waals surface area contributed by atoms with E-state index in [2.05, 4.69) is 5.32 Å². The molecule has 1 heterocycles. The highest BCUT2D eigenvalue weighted by molar-refractivity contribution is 5.78. The summed E-state index contributed by atoms with van der Waals surface area (Å²) in [5.74, 6) is -1.25. The highest BCUT2D eigenvalue weighted by Crippen LogP contribution is 2.14. The highest BCUT2D eigenvalue weighted by Gasteiger charge is 2.24. The van der Waals surface area contributed by atoms with E-state index < -0.39 is 11.9 Å². The average molecular weight is 208 g/mol. The van der Waals surface area contributed by atoms with Crippen molar-refractivity contribution < 1.29 is 9.53 Å². The van der Waals surface area contributed by atoms with Gasteiger partial charge in [-0.3, -0.25) is 4.79 Å². The summed E-state index contributed by atoms with van der Waals surface area (Å²) in [6.07, 6.45) is 5.01. The van der Waals surface area contributed by atoms with Gasteiger partial charge in [-0.25, -0.2) is 0 Å². The smallest absolute Gasteiger partial charge is 0.329 e. The molecule has 4 heteroatoms. The van der Waals surface area contributed by atoms with E-state index in [1.54, 1.807) is 6.92 Å². The Morgan fingerprint density at radius 2 is 2.53 bits per heavy atom. The van der Waals surface area contributed by atoms with Crippen LogP contribution in [0.1, 0.15) is 26.2 Å². The van der Waals surface area contributed by atoms with E-state index in [-0.39, 0.29) is 0 Å². The summed E-state index contributed by atoms with van der Waals surface area (Å²) in [6.45, 7) is 2.87. The van der Waals surface area contributed by atoms with Gasteiger partial charge in [0.2, 0.25) is 0 Å². The zero-order valence-electron chi connectivity index (χ0n) is 8.95. The molecule has 1 aliphatic rings. The number of ether oxygens (including phenoxy) is 1. The van der Waals surface area contributed by atoms with Crippen LogP contribution in [0.15, 0.2) is 11.8 Å². The standard InChI is InChI=1S/C11H16N2O2/c1-2-15-11(14)9(8-12)10-6-4-3-5-7-13-10/h6,9,13H,2-5,7H2,1H3. The van der Waals surface area contributed by atoms with E-state index in [9.17, 15) is 4.79 Å². The van der Waals surface area contributed by atoms with Crippen LogP contribution in [0.2, 0.25) is 0 Å². The molecule has 0 radical (unpaired) electrons. The number of allylic oxidation sites excluding steroid dienone is 1. The molecule has 0 aromatic carbocycles. The van der Waals surface area contributed by atoms with Gasteiger partial charge in [-0.2, -0.15) is 5.26 Å². The summed E-state index contributed by atoms with van der Waals surface area (Å²) in [5, 5.41) is 12.0. The Labute approximate surface area is 89.9 Å². The molecule has 1 N–H and O–H groups in total. The van der Waals surface area contributed by atoms with Gasteiger partial charge in [0, 0.05) is 12.2 Å². The predicted molar refractivity (Wildman–Crippen MR) is 55.7 cm³/mol. The van der Waals surface area contributed by atoms with Crippen LogP contribution in [0.5, 0.6) is 0 Å². The van der Waals surface area contributed by atoms with Gasteiger partial charge in [0.1, 0.15) is 0 Å². The molecule has 0 fully saturated rings. The zero-order chi connectivity index (χ0) is 11.1. The molecule has 1 aliphatic heterocycles. The van der Waals surface area contributed by atoms with Crippen LogP contribution in [0.3, 0.4) is 0 Å². The number of nitrogens with zero attached hydrogens (tertiary/aromatic N) is 1. The van der Waals surface area contributed by atoms with Crippen molar-refractivity contribution in [2.45, 2.75) is 26.2 Å². The van der Waals surface area contributed by atoms with Crippen molar-refractivity contribution >= 4 is 5.97 Å². The average Bonchev–Trinajstić information content (AvgIpc) is 2.48. The van der Waals surface area contributed by atoms with Crippen molar-refractivity contribution in [1.82, 2.24) is 5.32 Å². The van der Waals surface area contributed by atoms with Crippen molar-refractivity contribution in [3.63, 3.8) is 0 Å². The number of nitriles is 1. The number of rotatable bonds is 3. The monoisotopic (exact) mass is 208 g/mol. The van der Waals surface area contributed by atoms with E-state index in [0.717, 1.165) is 25.8 Å². The van der Waals surface area contributed by atoms with E-state index >= 15 is 0 Å². The summed E-state index contributed by atoms with van der Waals surface area (Å²) >= 11 is 0. The second kappa shape index (κ2) is 6.07. The molecular formula is C11H16N2O2. The molecule has 1 atom stereocenters. The van der Waals surface area contributed by atoms with Gasteiger partial charge in [0.25, 0.3) is 0 Å². The zero-order valence-corrected chi connectivity index (χ0v) is 8.95. The van der Waals surface area contributed by atoms with E-state index in [1.165, 1.54) is 0 Å². The lowest BCUT2D eigenvalue weighted by molar-refractivity contribution is -0.144. The molecule has 0 saturated carbocycles. The Morgan fingerprint density at radius 1 is 1.73 bits per heavy atom. The minimum absolute atomic E-state index is 0.310. The van der Waals surface area contributed by atoms with Crippen LogP contribution in [-0.2, 0) is 9.53 Å². The fraction of sp³-hybridized carbons (Fsp3) is 0.636. The molecule has 0 aliphatic carbocycles. The van der Waals surface area contributed by atoms with Crippen molar-refractivity contribution in [2.75, 3.05) is 13.2 Å². The lowest BCUT2D eigenvalue weighted by atomic mass is 10.1. The van der Waals surface area contributed by atoms with Crippen LogP contribution in [0, 0.1) is 17.2 Å². The SMILES string of the molecule is CCOC(=O)C(C#N)C1=CCCCCN1. The van der Waals surface area contributed by atoms with Gasteiger partial charge in [-0.15, -0.1) is 0 Å². The number of carbonyl (C=O) groups is 1. The minimum atomic E-state index is -0.789. The van der Waals surface area contributed by atoms with Gasteiger partial charge in [0.15, 0.2) is 5.92 Å². The first kappa shape index (κ1) is 11.6. The molecule has 0 aromatic heterocycles. The van der Waals surface area contributed by atoms with Gasteiger partial charge >= 0.3 is 5.97 Å². The maximum absolute atomic E-state index is 11.5. The summed E-state index contributed by atoms with van der Waals surface area (Å²) in [7, 11) is 0. The summed E-state index contributed by atoms with van der Waals surface area (Å²) < 4.78 is 4.85. The number of nitrogens with one attached hydrogen (secondary N) is 1. The van der Waals surface area contributed by atoms with Gasteiger partial charge < -0.3 is 10.1 Å². The number of esters is 1. The van der Waals surface area contributed by atoms with Crippen LogP contribution >= 0.6 is 0 Å². The molecule has 15 heavy (non-hydrogen) atoms. The minimum Gasteiger partial charge on any atom is -0.465 e. The number of carbonyl (C=O) groups excluding carboxylic acids is 1. The van der Waals surface area contributed by atoms with Crippen molar-refractivity contribution in [3.8, 4) is 6.07 Å². The summed E-state index contributed by atoms with van der Waals surface area (Å²) in [5.41, 5.74) is 0.702. The quantitative estimate of drug-likeness (QED) is 0.711. The molecular weight excluding hydrogens is 192 g/mol. The number of hydrogen-bond acceptors (Lipinski definition) is 4. The normalized spacial score (nSPS) is 17.7. The van der Waals surface area contributed by atoms with Crippen molar-refractivity contribution in [3.05, 3.63) is 11.8 Å². The molecule has 1 unspecified atom stereocenters. The predicted octanol–water partition coefficient (Wildman–Crippen LogP) is 1.35. The van der Waals surface area contributed by atoms with Crippen LogP contribution in [-0.4, -0.2) is 19.1 Å². The number of hydrogen-bond donors (Lipinski definition) is 1. The molecule has 1 rings (SSSR count). The topological polar surface area (TPSA) is 62.1 Å². The van der Waals surface area contributed by atoms with Crippen molar-refractivity contribution in [1.29, 1.82) is 5.26 Å². The fourth-order valence-corrected chi connectivity index (χ4v) is 1.53. The third kappa shape index (κ3) is 3.28. The second-order valence-corrected chi connectivity index (χ2v) is 3.40. The Balaban J connectivity index is 2.68. The maximum Gasteiger partial charge on any atom is 0.329 e. The third-order valence-electron chi connectivity index (χ3n) is 2.29. The highest BCUT2D eigenvalue weighted by atomic mass is 16.5. The molecule has 0 bridgehead atoms. The first-order valence-electron chi connectivity index (χ1n) is 5.29. The van der Waals surface area contributed by atoms with Gasteiger partial charge in [-0.1, -0.05) is 6.08 Å². The Hall–Kier alpha value is -1.50. The lowest BCUT2D eigenvalue weighted by Gasteiger charge is -2.13. The Morgan fingerprint density at radius 3 is 3.20 bits per heavy atom. The van der Waals surface area contributed by atoms with E-state index in [4.69, 9.17) is 10.00 Å². The van der Waals surface area contributed by atoms with Gasteiger partial charge in [-0.05, 0) is 26.2 Å². The Bertz CT molecular complexity index is 291. The second-order valence-electron chi connectivity index (χ2n) is 3.40.